The zero-order valence-electron chi connectivity index (χ0n) is 19.9. The van der Waals surface area contributed by atoms with Crippen molar-refractivity contribution < 1.29 is 0 Å². The van der Waals surface area contributed by atoms with Crippen molar-refractivity contribution in [3.63, 3.8) is 0 Å². The zero-order chi connectivity index (χ0) is 25.3. The third-order valence-electron chi connectivity index (χ3n) is 5.41. The number of hydrogen-bond donors (Lipinski definition) is 3. The number of anilines is 5. The monoisotopic (exact) mass is 472 g/mol. The molecule has 0 spiro atoms. The van der Waals surface area contributed by atoms with E-state index in [-0.39, 0.29) is 0 Å². The molecule has 2 heterocycles. The Kier molecular flexibility index (Phi) is 7.50. The van der Waals surface area contributed by atoms with E-state index in [0.717, 1.165) is 39.3 Å². The van der Waals surface area contributed by atoms with E-state index in [4.69, 9.17) is 15.5 Å². The number of nitrogens with one attached hydrogen (secondary N) is 3. The highest BCUT2D eigenvalue weighted by Gasteiger charge is 2.12. The van der Waals surface area contributed by atoms with Gasteiger partial charge in [0.15, 0.2) is 5.82 Å². The van der Waals surface area contributed by atoms with Gasteiger partial charge in [-0.3, -0.25) is 4.98 Å². The van der Waals surface area contributed by atoms with Crippen LogP contribution < -0.4 is 16.0 Å². The highest BCUT2D eigenvalue weighted by molar-refractivity contribution is 5.76. The Balaban J connectivity index is 1.65. The van der Waals surface area contributed by atoms with Gasteiger partial charge in [-0.1, -0.05) is 6.07 Å². The highest BCUT2D eigenvalue weighted by atomic mass is 15.2. The third kappa shape index (κ3) is 6.02. The molecule has 0 unspecified atom stereocenters. The van der Waals surface area contributed by atoms with Crippen molar-refractivity contribution in [3.05, 3.63) is 101 Å². The van der Waals surface area contributed by atoms with Gasteiger partial charge in [0.05, 0.1) is 29.6 Å². The van der Waals surface area contributed by atoms with Gasteiger partial charge in [-0.2, -0.15) is 15.5 Å². The Labute approximate surface area is 210 Å². The molecule has 0 radical (unpaired) electrons. The maximum absolute atomic E-state index is 9.03. The first kappa shape index (κ1) is 23.9. The molecular formula is C28H24N8. The summed E-state index contributed by atoms with van der Waals surface area (Å²) in [5.41, 5.74) is 7.04. The lowest BCUT2D eigenvalue weighted by atomic mass is 10.0. The molecule has 3 N–H and O–H groups in total. The number of aryl methyl sites for hydroxylation is 2. The summed E-state index contributed by atoms with van der Waals surface area (Å²) in [6.07, 6.45) is 8.53. The van der Waals surface area contributed by atoms with Crippen LogP contribution in [0.5, 0.6) is 0 Å². The number of rotatable bonds is 8. The van der Waals surface area contributed by atoms with Gasteiger partial charge in [-0.15, -0.1) is 0 Å². The topological polar surface area (TPSA) is 122 Å². The molecule has 2 aromatic heterocycles. The second kappa shape index (κ2) is 11.3. The van der Waals surface area contributed by atoms with Crippen LogP contribution in [0.15, 0.2) is 73.2 Å². The lowest BCUT2D eigenvalue weighted by Crippen LogP contribution is -2.08. The van der Waals surface area contributed by atoms with Crippen LogP contribution in [0.25, 0.3) is 6.08 Å². The fourth-order valence-electron chi connectivity index (χ4n) is 3.67. The molecule has 0 aliphatic rings. The first-order valence-electron chi connectivity index (χ1n) is 11.3. The minimum absolute atomic E-state index is 0.415. The molecule has 4 rings (SSSR count). The first-order chi connectivity index (χ1) is 17.6. The number of benzene rings is 2. The normalized spacial score (nSPS) is 10.4. The van der Waals surface area contributed by atoms with Crippen molar-refractivity contribution in [1.29, 1.82) is 10.5 Å². The number of pyridine rings is 1. The zero-order valence-corrected chi connectivity index (χ0v) is 19.9. The van der Waals surface area contributed by atoms with Gasteiger partial charge in [0.2, 0.25) is 5.95 Å². The van der Waals surface area contributed by atoms with Crippen LogP contribution in [0.4, 0.5) is 28.8 Å². The van der Waals surface area contributed by atoms with Gasteiger partial charge in [0, 0.05) is 36.4 Å². The van der Waals surface area contributed by atoms with Crippen molar-refractivity contribution in [2.75, 3.05) is 16.0 Å². The molecule has 0 atom stereocenters. The predicted molar refractivity (Wildman–Crippen MR) is 142 cm³/mol. The molecule has 176 valence electrons. The minimum Gasteiger partial charge on any atom is -0.377 e. The van der Waals surface area contributed by atoms with Crippen molar-refractivity contribution in [3.8, 4) is 12.1 Å². The number of allylic oxidation sites excluding steroid dienone is 1. The Morgan fingerprint density at radius 1 is 0.972 bits per heavy atom. The Morgan fingerprint density at radius 3 is 2.42 bits per heavy atom. The SMILES string of the molecule is Cc1cc(C=CC#N)cc(C)c1Nc1nc(Nc2ccc(C#N)cc2)ncc1NCc1cccnc1. The van der Waals surface area contributed by atoms with Crippen molar-refractivity contribution >= 4 is 34.9 Å². The van der Waals surface area contributed by atoms with Crippen LogP contribution in [0.3, 0.4) is 0 Å². The van der Waals surface area contributed by atoms with Gasteiger partial charge >= 0.3 is 0 Å². The van der Waals surface area contributed by atoms with Gasteiger partial charge in [-0.05, 0) is 84.6 Å². The number of nitrogens with zero attached hydrogens (tertiary/aromatic N) is 5. The Bertz CT molecular complexity index is 1440. The van der Waals surface area contributed by atoms with E-state index < -0.39 is 0 Å². The average Bonchev–Trinajstić information content (AvgIpc) is 2.90. The molecule has 8 heteroatoms. The van der Waals surface area contributed by atoms with E-state index in [9.17, 15) is 0 Å². The summed E-state index contributed by atoms with van der Waals surface area (Å²) in [4.78, 5) is 13.4. The van der Waals surface area contributed by atoms with Crippen LogP contribution in [0, 0.1) is 36.5 Å². The largest absolute Gasteiger partial charge is 0.377 e. The van der Waals surface area contributed by atoms with E-state index in [2.05, 4.69) is 32.0 Å². The second-order valence-electron chi connectivity index (χ2n) is 8.10. The third-order valence-corrected chi connectivity index (χ3v) is 5.41. The van der Waals surface area contributed by atoms with Crippen LogP contribution in [0.1, 0.15) is 27.8 Å². The van der Waals surface area contributed by atoms with Gasteiger partial charge < -0.3 is 16.0 Å². The Morgan fingerprint density at radius 2 is 1.75 bits per heavy atom. The predicted octanol–water partition coefficient (Wildman–Crippen LogP) is 6.00. The highest BCUT2D eigenvalue weighted by Crippen LogP contribution is 2.30. The summed E-state index contributed by atoms with van der Waals surface area (Å²) in [6.45, 7) is 4.59. The molecule has 0 fully saturated rings. The van der Waals surface area contributed by atoms with E-state index in [1.165, 1.54) is 6.08 Å². The average molecular weight is 473 g/mol. The molecule has 4 aromatic rings. The standard InChI is InChI=1S/C28H24N8/c1-19-13-22(5-3-11-29)14-20(2)26(19)35-27-25(32-17-23-6-4-12-31-16-23)18-33-28(36-27)34-24-9-7-21(15-30)8-10-24/h3-10,12-14,16,18,32H,17H2,1-2H3,(H2,33,34,35,36). The van der Waals surface area contributed by atoms with Gasteiger partial charge in [0.1, 0.15) is 0 Å². The number of aromatic nitrogens is 3. The fourth-order valence-corrected chi connectivity index (χ4v) is 3.67. The van der Waals surface area contributed by atoms with Crippen molar-refractivity contribution in [1.82, 2.24) is 15.0 Å². The molecule has 0 saturated carbocycles. The van der Waals surface area contributed by atoms with Crippen LogP contribution in [-0.2, 0) is 6.54 Å². The minimum atomic E-state index is 0.415. The summed E-state index contributed by atoms with van der Waals surface area (Å²) in [5, 5.41) is 27.9. The molecule has 0 aliphatic carbocycles. The summed E-state index contributed by atoms with van der Waals surface area (Å²) in [5.74, 6) is 1.02. The summed E-state index contributed by atoms with van der Waals surface area (Å²) in [7, 11) is 0. The lowest BCUT2D eigenvalue weighted by molar-refractivity contribution is 1.08. The van der Waals surface area contributed by atoms with Gasteiger partial charge in [0.25, 0.3) is 0 Å². The summed E-state index contributed by atoms with van der Waals surface area (Å²) < 4.78 is 0. The Hall–Kier alpha value is -5.21. The summed E-state index contributed by atoms with van der Waals surface area (Å²) >= 11 is 0. The summed E-state index contributed by atoms with van der Waals surface area (Å²) in [6, 6.07) is 19.2. The quantitative estimate of drug-likeness (QED) is 0.267. The molecule has 0 bridgehead atoms. The molecule has 8 nitrogen and oxygen atoms in total. The van der Waals surface area contributed by atoms with Crippen molar-refractivity contribution in [2.24, 2.45) is 0 Å². The molecule has 2 aromatic carbocycles. The van der Waals surface area contributed by atoms with Crippen LogP contribution in [0.2, 0.25) is 0 Å². The van der Waals surface area contributed by atoms with E-state index in [1.807, 2.05) is 62.5 Å². The molecular weight excluding hydrogens is 448 g/mol. The molecule has 36 heavy (non-hydrogen) atoms. The molecule has 0 aliphatic heterocycles. The van der Waals surface area contributed by atoms with E-state index in [1.54, 1.807) is 30.6 Å². The maximum Gasteiger partial charge on any atom is 0.229 e. The number of nitriles is 2. The van der Waals surface area contributed by atoms with Crippen molar-refractivity contribution in [2.45, 2.75) is 20.4 Å². The number of hydrogen-bond acceptors (Lipinski definition) is 8. The second-order valence-corrected chi connectivity index (χ2v) is 8.10. The maximum atomic E-state index is 9.03. The van der Waals surface area contributed by atoms with Crippen LogP contribution in [-0.4, -0.2) is 15.0 Å². The lowest BCUT2D eigenvalue weighted by Gasteiger charge is -2.18. The molecule has 0 amide bonds. The van der Waals surface area contributed by atoms with E-state index >= 15 is 0 Å². The smallest absolute Gasteiger partial charge is 0.229 e. The van der Waals surface area contributed by atoms with Gasteiger partial charge in [-0.25, -0.2) is 4.98 Å². The van der Waals surface area contributed by atoms with E-state index in [0.29, 0.717) is 23.9 Å². The fraction of sp³-hybridized carbons (Fsp3) is 0.107. The first-order valence-corrected chi connectivity index (χ1v) is 11.3. The van der Waals surface area contributed by atoms with Crippen LogP contribution >= 0.6 is 0 Å². The molecule has 0 saturated heterocycles.